The lowest BCUT2D eigenvalue weighted by atomic mass is 10.0. The highest BCUT2D eigenvalue weighted by atomic mass is 35.5. The molecule has 0 aliphatic rings. The van der Waals surface area contributed by atoms with Crippen LogP contribution < -0.4 is 0 Å². The molecule has 0 saturated carbocycles. The Morgan fingerprint density at radius 1 is 0.724 bits per heavy atom. The van der Waals surface area contributed by atoms with Gasteiger partial charge in [0.1, 0.15) is 4.90 Å². The molecule has 0 fully saturated rings. The number of hydrogen-bond donors (Lipinski definition) is 1. The van der Waals surface area contributed by atoms with Crippen LogP contribution >= 0.6 is 11.6 Å². The van der Waals surface area contributed by atoms with E-state index in [-0.39, 0.29) is 9.92 Å². The number of rotatable bonds is 18. The summed E-state index contributed by atoms with van der Waals surface area (Å²) in [6, 6.07) is 4.77. The fraction of sp³-hybridized carbons (Fsp3) is 0.750. The van der Waals surface area contributed by atoms with E-state index >= 15 is 0 Å². The predicted octanol–water partition coefficient (Wildman–Crippen LogP) is 8.39. The van der Waals surface area contributed by atoms with Gasteiger partial charge in [0.25, 0.3) is 10.1 Å². The third kappa shape index (κ3) is 13.4. The van der Waals surface area contributed by atoms with Gasteiger partial charge in [-0.2, -0.15) is 8.42 Å². The molecule has 0 heterocycles. The zero-order valence-electron chi connectivity index (χ0n) is 18.3. The van der Waals surface area contributed by atoms with Crippen LogP contribution in [-0.2, 0) is 16.5 Å². The fourth-order valence-electron chi connectivity index (χ4n) is 3.79. The zero-order valence-corrected chi connectivity index (χ0v) is 19.9. The molecule has 0 aliphatic heterocycles. The molecule has 0 aromatic heterocycles. The second-order valence-corrected chi connectivity index (χ2v) is 10.1. The van der Waals surface area contributed by atoms with Gasteiger partial charge in [-0.15, -0.1) is 0 Å². The summed E-state index contributed by atoms with van der Waals surface area (Å²) in [5.41, 5.74) is 1.02. The van der Waals surface area contributed by atoms with Crippen molar-refractivity contribution in [1.82, 2.24) is 0 Å². The monoisotopic (exact) mass is 444 g/mol. The van der Waals surface area contributed by atoms with E-state index < -0.39 is 10.1 Å². The van der Waals surface area contributed by atoms with Crippen molar-refractivity contribution in [1.29, 1.82) is 0 Å². The fourth-order valence-corrected chi connectivity index (χ4v) is 4.83. The van der Waals surface area contributed by atoms with E-state index in [1.54, 1.807) is 12.1 Å². The summed E-state index contributed by atoms with van der Waals surface area (Å²) in [7, 11) is -4.23. The minimum absolute atomic E-state index is 0.0986. The molecule has 5 heteroatoms. The summed E-state index contributed by atoms with van der Waals surface area (Å²) in [5, 5.41) is 0.0986. The summed E-state index contributed by atoms with van der Waals surface area (Å²) in [5.74, 6) is 0. The molecule has 0 aliphatic carbocycles. The first-order valence-electron chi connectivity index (χ1n) is 11.7. The molecule has 0 bridgehead atoms. The van der Waals surface area contributed by atoms with Crippen LogP contribution in [-0.4, -0.2) is 13.0 Å². The molecule has 3 nitrogen and oxygen atoms in total. The van der Waals surface area contributed by atoms with Crippen LogP contribution in [0.15, 0.2) is 23.1 Å². The van der Waals surface area contributed by atoms with E-state index in [4.69, 9.17) is 16.2 Å². The van der Waals surface area contributed by atoms with Gasteiger partial charge < -0.3 is 0 Å². The molecular formula is C24H41ClO3S. The summed E-state index contributed by atoms with van der Waals surface area (Å²) in [4.78, 5) is -0.213. The molecule has 1 rings (SSSR count). The molecular weight excluding hydrogens is 404 g/mol. The number of unbranched alkanes of at least 4 members (excludes halogenated alkanes) is 15. The lowest BCUT2D eigenvalue weighted by Crippen LogP contribution is -1.99. The summed E-state index contributed by atoms with van der Waals surface area (Å²) in [6.07, 6.45) is 22.5. The first kappa shape index (κ1) is 26.5. The average Bonchev–Trinajstić information content (AvgIpc) is 2.66. The number of benzene rings is 1. The first-order chi connectivity index (χ1) is 13.9. The van der Waals surface area contributed by atoms with Gasteiger partial charge in [0, 0.05) is 0 Å². The average molecular weight is 445 g/mol. The Labute approximate surface area is 184 Å². The van der Waals surface area contributed by atoms with Gasteiger partial charge in [-0.05, 0) is 30.5 Å². The molecule has 0 spiro atoms. The van der Waals surface area contributed by atoms with Crippen LogP contribution in [0.2, 0.25) is 5.02 Å². The smallest absolute Gasteiger partial charge is 0.282 e. The van der Waals surface area contributed by atoms with Gasteiger partial charge in [0.2, 0.25) is 0 Å². The maximum Gasteiger partial charge on any atom is 0.296 e. The van der Waals surface area contributed by atoms with Crippen molar-refractivity contribution in [2.45, 2.75) is 121 Å². The standard InChI is InChI=1S/C24H41ClO3S/c1-2-3-4-5-6-7-8-9-10-11-12-13-14-15-16-17-18-22-19-20-24(23(25)21-22)29(26,27)28/h19-21H,2-18H2,1H3,(H,26,27,28). The van der Waals surface area contributed by atoms with Crippen molar-refractivity contribution in [3.63, 3.8) is 0 Å². The molecule has 0 saturated heterocycles. The third-order valence-corrected chi connectivity index (χ3v) is 6.93. The van der Waals surface area contributed by atoms with Crippen LogP contribution in [0.3, 0.4) is 0 Å². The van der Waals surface area contributed by atoms with Crippen LogP contribution in [0, 0.1) is 0 Å². The molecule has 0 unspecified atom stereocenters. The topological polar surface area (TPSA) is 54.4 Å². The van der Waals surface area contributed by atoms with Gasteiger partial charge in [-0.3, -0.25) is 4.55 Å². The van der Waals surface area contributed by atoms with Crippen molar-refractivity contribution < 1.29 is 13.0 Å². The van der Waals surface area contributed by atoms with Crippen LogP contribution in [0.5, 0.6) is 0 Å². The summed E-state index contributed by atoms with van der Waals surface area (Å²) >= 11 is 5.95. The Morgan fingerprint density at radius 2 is 1.14 bits per heavy atom. The maximum absolute atomic E-state index is 11.2. The lowest BCUT2D eigenvalue weighted by molar-refractivity contribution is 0.483. The molecule has 29 heavy (non-hydrogen) atoms. The van der Waals surface area contributed by atoms with E-state index in [0.717, 1.165) is 18.4 Å². The Kier molecular flexibility index (Phi) is 14.7. The largest absolute Gasteiger partial charge is 0.296 e. The maximum atomic E-state index is 11.2. The van der Waals surface area contributed by atoms with Crippen molar-refractivity contribution in [2.75, 3.05) is 0 Å². The Morgan fingerprint density at radius 3 is 1.52 bits per heavy atom. The Bertz CT molecular complexity index is 644. The highest BCUT2D eigenvalue weighted by molar-refractivity contribution is 7.86. The van der Waals surface area contributed by atoms with Crippen molar-refractivity contribution in [2.24, 2.45) is 0 Å². The molecule has 1 aromatic carbocycles. The van der Waals surface area contributed by atoms with E-state index in [9.17, 15) is 8.42 Å². The van der Waals surface area contributed by atoms with E-state index in [2.05, 4.69) is 6.92 Å². The first-order valence-corrected chi connectivity index (χ1v) is 13.5. The minimum atomic E-state index is -4.23. The Hall–Kier alpha value is -0.580. The summed E-state index contributed by atoms with van der Waals surface area (Å²) in [6.45, 7) is 2.27. The molecule has 168 valence electrons. The van der Waals surface area contributed by atoms with Crippen LogP contribution in [0.25, 0.3) is 0 Å². The van der Waals surface area contributed by atoms with E-state index in [1.165, 1.54) is 102 Å². The highest BCUT2D eigenvalue weighted by Crippen LogP contribution is 2.23. The van der Waals surface area contributed by atoms with Gasteiger partial charge in [-0.1, -0.05) is 121 Å². The molecule has 1 N–H and O–H groups in total. The molecule has 1 aromatic rings. The highest BCUT2D eigenvalue weighted by Gasteiger charge is 2.14. The van der Waals surface area contributed by atoms with Crippen LogP contribution in [0.4, 0.5) is 0 Å². The normalized spacial score (nSPS) is 11.8. The molecule has 0 amide bonds. The number of aryl methyl sites for hydroxylation is 1. The second-order valence-electron chi connectivity index (χ2n) is 8.29. The zero-order chi connectivity index (χ0) is 21.4. The van der Waals surface area contributed by atoms with E-state index in [1.807, 2.05) is 0 Å². The minimum Gasteiger partial charge on any atom is -0.282 e. The van der Waals surface area contributed by atoms with Crippen molar-refractivity contribution >= 4 is 21.7 Å². The summed E-state index contributed by atoms with van der Waals surface area (Å²) < 4.78 is 31.4. The molecule has 0 radical (unpaired) electrons. The van der Waals surface area contributed by atoms with Gasteiger partial charge in [0.05, 0.1) is 5.02 Å². The lowest BCUT2D eigenvalue weighted by Gasteiger charge is -2.06. The molecule has 0 atom stereocenters. The third-order valence-electron chi connectivity index (χ3n) is 5.59. The SMILES string of the molecule is CCCCCCCCCCCCCCCCCCc1ccc(S(=O)(=O)O)c(Cl)c1. The van der Waals surface area contributed by atoms with Gasteiger partial charge in [0.15, 0.2) is 0 Å². The number of halogens is 1. The van der Waals surface area contributed by atoms with Gasteiger partial charge >= 0.3 is 0 Å². The van der Waals surface area contributed by atoms with Crippen molar-refractivity contribution in [3.8, 4) is 0 Å². The van der Waals surface area contributed by atoms with Gasteiger partial charge in [-0.25, -0.2) is 0 Å². The number of hydrogen-bond acceptors (Lipinski definition) is 2. The van der Waals surface area contributed by atoms with Crippen LogP contribution in [0.1, 0.15) is 115 Å². The predicted molar refractivity (Wildman–Crippen MR) is 125 cm³/mol. The Balaban J connectivity index is 1.92. The second kappa shape index (κ2) is 16.2. The van der Waals surface area contributed by atoms with E-state index in [0.29, 0.717) is 0 Å². The van der Waals surface area contributed by atoms with Crippen molar-refractivity contribution in [3.05, 3.63) is 28.8 Å². The quantitative estimate of drug-likeness (QED) is 0.182.